The summed E-state index contributed by atoms with van der Waals surface area (Å²) in [5.74, 6) is 0.527. The van der Waals surface area contributed by atoms with E-state index in [1.54, 1.807) is 12.1 Å². The molecule has 0 bridgehead atoms. The van der Waals surface area contributed by atoms with E-state index in [1.807, 2.05) is 60.9 Å². The maximum Gasteiger partial charge on any atom is 0.276 e. The third-order valence-electron chi connectivity index (χ3n) is 5.12. The molecule has 0 radical (unpaired) electrons. The number of ether oxygens (including phenoxy) is 1. The molecule has 0 unspecified atom stereocenters. The number of amidine groups is 1. The number of amides is 1. The summed E-state index contributed by atoms with van der Waals surface area (Å²) in [5, 5.41) is 13.5. The molecule has 1 N–H and O–H groups in total. The number of methoxy groups -OCH3 is 1. The Morgan fingerprint density at radius 2 is 1.86 bits per heavy atom. The average molecular weight is 402 g/mol. The second-order valence-electron chi connectivity index (χ2n) is 6.68. The van der Waals surface area contributed by atoms with Crippen molar-refractivity contribution in [3.05, 3.63) is 76.8 Å². The Bertz CT molecular complexity index is 1300. The molecule has 29 heavy (non-hydrogen) atoms. The quantitative estimate of drug-likeness (QED) is 0.715. The topological polar surface area (TPSA) is 66.3 Å². The first-order valence-electron chi connectivity index (χ1n) is 9.17. The van der Waals surface area contributed by atoms with Gasteiger partial charge in [0, 0.05) is 10.8 Å². The summed E-state index contributed by atoms with van der Waals surface area (Å²) in [6.07, 6.45) is 1.36. The molecule has 5 rings (SSSR count). The minimum atomic E-state index is -0.519. The predicted molar refractivity (Wildman–Crippen MR) is 115 cm³/mol. The van der Waals surface area contributed by atoms with Crippen LogP contribution in [-0.2, 0) is 4.79 Å². The number of carbonyl (C=O) groups is 1. The van der Waals surface area contributed by atoms with E-state index in [4.69, 9.17) is 14.8 Å². The van der Waals surface area contributed by atoms with Crippen LogP contribution < -0.4 is 20.6 Å². The maximum atomic E-state index is 13.0. The lowest BCUT2D eigenvalue weighted by Crippen LogP contribution is -2.50. The van der Waals surface area contributed by atoms with Gasteiger partial charge in [0.05, 0.1) is 12.5 Å². The molecule has 144 valence electrons. The highest BCUT2D eigenvalue weighted by atomic mass is 32.2. The van der Waals surface area contributed by atoms with Gasteiger partial charge in [-0.2, -0.15) is 0 Å². The van der Waals surface area contributed by atoms with Crippen LogP contribution in [0.1, 0.15) is 11.7 Å². The molecule has 3 aromatic carbocycles. The fourth-order valence-corrected chi connectivity index (χ4v) is 4.19. The molecule has 0 fully saturated rings. The summed E-state index contributed by atoms with van der Waals surface area (Å²) in [6, 6.07) is 19.7. The third kappa shape index (κ3) is 2.77. The Labute approximate surface area is 171 Å². The van der Waals surface area contributed by atoms with Crippen LogP contribution in [0, 0.1) is 0 Å². The first kappa shape index (κ1) is 17.8. The number of thioether (sulfide) groups is 1. The first-order chi connectivity index (χ1) is 14.2. The summed E-state index contributed by atoms with van der Waals surface area (Å²) >= 11 is 1.39. The normalized spacial score (nSPS) is 17.8. The van der Waals surface area contributed by atoms with Gasteiger partial charge in [0.1, 0.15) is 11.4 Å². The van der Waals surface area contributed by atoms with Crippen LogP contribution in [0.4, 0.5) is 0 Å². The molecular weight excluding hydrogens is 384 g/mol. The van der Waals surface area contributed by atoms with Crippen LogP contribution in [0.3, 0.4) is 0 Å². The van der Waals surface area contributed by atoms with E-state index in [0.29, 0.717) is 16.6 Å². The largest absolute Gasteiger partial charge is 0.496 e. The number of hydrogen-bond donors (Lipinski definition) is 1. The van der Waals surface area contributed by atoms with Crippen LogP contribution in [0.5, 0.6) is 5.75 Å². The number of para-hydroxylation sites is 1. The molecule has 7 heteroatoms. The maximum absolute atomic E-state index is 13.0. The van der Waals surface area contributed by atoms with Crippen LogP contribution in [0.15, 0.2) is 70.8 Å². The Balaban J connectivity index is 1.86. The highest BCUT2D eigenvalue weighted by Gasteiger charge is 2.36. The van der Waals surface area contributed by atoms with Crippen molar-refractivity contribution in [2.75, 3.05) is 13.4 Å². The molecule has 0 saturated heterocycles. The highest BCUT2D eigenvalue weighted by Crippen LogP contribution is 2.39. The molecule has 2 aliphatic heterocycles. The van der Waals surface area contributed by atoms with Crippen molar-refractivity contribution in [1.82, 2.24) is 10.3 Å². The van der Waals surface area contributed by atoms with E-state index in [9.17, 15) is 4.79 Å². The molecule has 0 aliphatic carbocycles. The average Bonchev–Trinajstić information content (AvgIpc) is 2.77. The summed E-state index contributed by atoms with van der Waals surface area (Å²) < 4.78 is 5.70. The monoisotopic (exact) mass is 402 g/mol. The lowest BCUT2D eigenvalue weighted by Gasteiger charge is -2.34. The zero-order valence-electron chi connectivity index (χ0n) is 15.9. The fraction of sp³-hybridized carbons (Fsp3) is 0.136. The summed E-state index contributed by atoms with van der Waals surface area (Å²) in [5.41, 5.74) is 1.38. The zero-order valence-corrected chi connectivity index (χ0v) is 16.7. The van der Waals surface area contributed by atoms with E-state index < -0.39 is 6.17 Å². The first-order valence-corrected chi connectivity index (χ1v) is 10.4. The Hall–Kier alpha value is -3.32. The Morgan fingerprint density at radius 1 is 1.07 bits per heavy atom. The molecule has 1 amide bonds. The van der Waals surface area contributed by atoms with Gasteiger partial charge in [-0.05, 0) is 29.2 Å². The number of hydrazone groups is 1. The number of fused-ring (bicyclic) bond motifs is 3. The standard InChI is InChI=1S/C22H18N4O2S/c1-28-17-12-11-13-7-3-4-8-14(13)18(17)20-23-16-10-6-5-9-15(16)19-21(27)24-22(29-2)25-26(19)20/h3-12,20H,1-2H3,(H,24,25,27)/t20-/m0/s1. The third-order valence-corrected chi connectivity index (χ3v) is 5.69. The second kappa shape index (κ2) is 6.93. The summed E-state index contributed by atoms with van der Waals surface area (Å²) in [4.78, 5) is 18.0. The van der Waals surface area contributed by atoms with Gasteiger partial charge in [-0.25, -0.2) is 5.01 Å². The van der Waals surface area contributed by atoms with Gasteiger partial charge in [0.25, 0.3) is 5.91 Å². The van der Waals surface area contributed by atoms with Crippen LogP contribution in [0.25, 0.3) is 16.5 Å². The lowest BCUT2D eigenvalue weighted by molar-refractivity contribution is -0.116. The number of carbonyl (C=O) groups excluding carboxylic acids is 1. The van der Waals surface area contributed by atoms with Gasteiger partial charge in [0.15, 0.2) is 11.3 Å². The predicted octanol–water partition coefficient (Wildman–Crippen LogP) is 2.35. The van der Waals surface area contributed by atoms with Crippen LogP contribution in [-0.4, -0.2) is 29.4 Å². The number of nitrogens with zero attached hydrogens (tertiary/aromatic N) is 3. The number of hydrogen-bond acceptors (Lipinski definition) is 6. The Morgan fingerprint density at radius 3 is 2.69 bits per heavy atom. The van der Waals surface area contributed by atoms with Gasteiger partial charge in [-0.15, -0.1) is 5.10 Å². The minimum Gasteiger partial charge on any atom is -0.496 e. The molecule has 3 aromatic rings. The number of benzene rings is 3. The second-order valence-corrected chi connectivity index (χ2v) is 7.47. The van der Waals surface area contributed by atoms with Crippen molar-refractivity contribution in [2.24, 2.45) is 10.1 Å². The van der Waals surface area contributed by atoms with Crippen molar-refractivity contribution in [3.8, 4) is 5.75 Å². The van der Waals surface area contributed by atoms with Crippen LogP contribution >= 0.6 is 11.8 Å². The molecule has 2 aliphatic rings. The highest BCUT2D eigenvalue weighted by molar-refractivity contribution is 8.13. The molecule has 2 heterocycles. The number of nitrogens with one attached hydrogen (secondary N) is 1. The molecule has 6 nitrogen and oxygen atoms in total. The molecule has 0 spiro atoms. The molecule has 0 aromatic heterocycles. The zero-order chi connectivity index (χ0) is 20.0. The number of rotatable bonds is 2. The summed E-state index contributed by atoms with van der Waals surface area (Å²) in [6.45, 7) is 0. The van der Waals surface area contributed by atoms with E-state index in [-0.39, 0.29) is 5.91 Å². The van der Waals surface area contributed by atoms with E-state index in [1.165, 1.54) is 11.8 Å². The van der Waals surface area contributed by atoms with Crippen molar-refractivity contribution in [2.45, 2.75) is 6.17 Å². The van der Waals surface area contributed by atoms with Crippen molar-refractivity contribution >= 4 is 39.3 Å². The van der Waals surface area contributed by atoms with Gasteiger partial charge in [-0.1, -0.05) is 60.3 Å². The van der Waals surface area contributed by atoms with Crippen molar-refractivity contribution < 1.29 is 9.53 Å². The molecule has 0 saturated carbocycles. The van der Waals surface area contributed by atoms with Gasteiger partial charge in [-0.3, -0.25) is 15.1 Å². The van der Waals surface area contributed by atoms with Gasteiger partial charge in [0.2, 0.25) is 0 Å². The molecule has 1 atom stereocenters. The van der Waals surface area contributed by atoms with Crippen LogP contribution in [0.2, 0.25) is 0 Å². The SMILES string of the molecule is COc1ccc2ccccc2c1[C@H]1N=c2ccccc2=C2C(=O)NC(SC)=NN21. The Kier molecular flexibility index (Phi) is 4.24. The smallest absolute Gasteiger partial charge is 0.276 e. The van der Waals surface area contributed by atoms with E-state index in [0.717, 1.165) is 26.9 Å². The molecular formula is C22H18N4O2S. The van der Waals surface area contributed by atoms with Crippen molar-refractivity contribution in [3.63, 3.8) is 0 Å². The van der Waals surface area contributed by atoms with Gasteiger partial charge >= 0.3 is 0 Å². The fourth-order valence-electron chi connectivity index (χ4n) is 3.83. The summed E-state index contributed by atoms with van der Waals surface area (Å²) in [7, 11) is 1.65. The lowest BCUT2D eigenvalue weighted by atomic mass is 9.99. The van der Waals surface area contributed by atoms with Crippen molar-refractivity contribution in [1.29, 1.82) is 0 Å². The van der Waals surface area contributed by atoms with E-state index >= 15 is 0 Å². The van der Waals surface area contributed by atoms with Gasteiger partial charge < -0.3 is 4.74 Å². The minimum absolute atomic E-state index is 0.184. The van der Waals surface area contributed by atoms with E-state index in [2.05, 4.69) is 11.4 Å².